The number of hydrogen-bond acceptors (Lipinski definition) is 2. The molecular formula is C13H20ClFIN3O. The molecule has 0 aliphatic carbocycles. The van der Waals surface area contributed by atoms with Crippen LogP contribution in [-0.4, -0.2) is 32.8 Å². The Bertz CT molecular complexity index is 432. The number of rotatable bonds is 6. The third-order valence-corrected chi connectivity index (χ3v) is 2.70. The number of hydrogen-bond donors (Lipinski definition) is 2. The number of nitrogens with zero attached hydrogens (tertiary/aromatic N) is 1. The van der Waals surface area contributed by atoms with Crippen LogP contribution in [0.4, 0.5) is 4.39 Å². The molecule has 20 heavy (non-hydrogen) atoms. The number of ether oxygens (including phenoxy) is 1. The summed E-state index contributed by atoms with van der Waals surface area (Å²) in [6.45, 7) is 4.47. The van der Waals surface area contributed by atoms with Gasteiger partial charge in [-0.15, -0.1) is 24.0 Å². The van der Waals surface area contributed by atoms with Gasteiger partial charge in [0.25, 0.3) is 0 Å². The Morgan fingerprint density at radius 1 is 1.40 bits per heavy atom. The Morgan fingerprint density at radius 3 is 2.75 bits per heavy atom. The highest BCUT2D eigenvalue weighted by molar-refractivity contribution is 14.0. The van der Waals surface area contributed by atoms with Crippen LogP contribution in [0.25, 0.3) is 0 Å². The van der Waals surface area contributed by atoms with Gasteiger partial charge in [-0.3, -0.25) is 4.99 Å². The molecule has 0 unspecified atom stereocenters. The highest BCUT2D eigenvalue weighted by Gasteiger charge is 2.02. The van der Waals surface area contributed by atoms with E-state index in [2.05, 4.69) is 15.6 Å². The van der Waals surface area contributed by atoms with E-state index in [0.29, 0.717) is 32.3 Å². The van der Waals surface area contributed by atoms with E-state index in [1.54, 1.807) is 19.2 Å². The minimum Gasteiger partial charge on any atom is -0.380 e. The maximum absolute atomic E-state index is 13.0. The van der Waals surface area contributed by atoms with E-state index in [1.165, 1.54) is 6.07 Å². The molecule has 0 bridgehead atoms. The Morgan fingerprint density at radius 2 is 2.15 bits per heavy atom. The van der Waals surface area contributed by atoms with Crippen LogP contribution in [0.1, 0.15) is 12.5 Å². The highest BCUT2D eigenvalue weighted by Crippen LogP contribution is 2.15. The maximum atomic E-state index is 13.0. The van der Waals surface area contributed by atoms with Crippen LogP contribution in [0.15, 0.2) is 23.2 Å². The Balaban J connectivity index is 0.00000361. The van der Waals surface area contributed by atoms with Gasteiger partial charge in [-0.2, -0.15) is 0 Å². The molecule has 114 valence electrons. The molecule has 0 saturated heterocycles. The van der Waals surface area contributed by atoms with Gasteiger partial charge in [-0.05, 0) is 24.6 Å². The van der Waals surface area contributed by atoms with Crippen molar-refractivity contribution in [1.82, 2.24) is 10.6 Å². The predicted octanol–water partition coefficient (Wildman–Crippen LogP) is 2.80. The van der Waals surface area contributed by atoms with Crippen LogP contribution in [0.2, 0.25) is 5.02 Å². The second-order valence-electron chi connectivity index (χ2n) is 3.80. The summed E-state index contributed by atoms with van der Waals surface area (Å²) in [5.41, 5.74) is 0.888. The van der Waals surface area contributed by atoms with E-state index in [-0.39, 0.29) is 29.0 Å². The van der Waals surface area contributed by atoms with Crippen molar-refractivity contribution in [2.75, 3.05) is 26.8 Å². The molecule has 0 aliphatic rings. The summed E-state index contributed by atoms with van der Waals surface area (Å²) in [4.78, 5) is 4.07. The van der Waals surface area contributed by atoms with E-state index in [4.69, 9.17) is 16.3 Å². The van der Waals surface area contributed by atoms with E-state index in [0.717, 1.165) is 5.56 Å². The standard InChI is InChI=1S/C13H19ClFN3O.HI/c1-3-19-7-6-17-13(16-2)18-9-10-4-5-12(15)11(14)8-10;/h4-5,8H,3,6-7,9H2,1-2H3,(H2,16,17,18);1H. The van der Waals surface area contributed by atoms with Gasteiger partial charge >= 0.3 is 0 Å². The fraction of sp³-hybridized carbons (Fsp3) is 0.462. The minimum absolute atomic E-state index is 0. The zero-order valence-corrected chi connectivity index (χ0v) is 14.7. The molecule has 1 aromatic carbocycles. The number of guanidine groups is 1. The normalized spacial score (nSPS) is 10.9. The van der Waals surface area contributed by atoms with Gasteiger partial charge in [0.05, 0.1) is 11.6 Å². The first-order chi connectivity index (χ1) is 9.17. The quantitative estimate of drug-likeness (QED) is 0.325. The fourth-order valence-corrected chi connectivity index (χ4v) is 1.65. The first kappa shape index (κ1) is 19.4. The highest BCUT2D eigenvalue weighted by atomic mass is 127. The van der Waals surface area contributed by atoms with Gasteiger partial charge in [-0.25, -0.2) is 4.39 Å². The average molecular weight is 416 g/mol. The van der Waals surface area contributed by atoms with E-state index in [1.807, 2.05) is 6.92 Å². The molecule has 0 aliphatic heterocycles. The van der Waals surface area contributed by atoms with Crippen LogP contribution in [0, 0.1) is 5.82 Å². The van der Waals surface area contributed by atoms with Crippen molar-refractivity contribution in [3.63, 3.8) is 0 Å². The molecule has 0 heterocycles. The smallest absolute Gasteiger partial charge is 0.191 e. The maximum Gasteiger partial charge on any atom is 0.191 e. The summed E-state index contributed by atoms with van der Waals surface area (Å²) in [5.74, 6) is 0.254. The number of aliphatic imine (C=N–C) groups is 1. The molecule has 2 N–H and O–H groups in total. The van der Waals surface area contributed by atoms with Gasteiger partial charge in [0.1, 0.15) is 5.82 Å². The van der Waals surface area contributed by atoms with Crippen LogP contribution in [-0.2, 0) is 11.3 Å². The monoisotopic (exact) mass is 415 g/mol. The largest absolute Gasteiger partial charge is 0.380 e. The molecule has 0 saturated carbocycles. The second-order valence-corrected chi connectivity index (χ2v) is 4.21. The fourth-order valence-electron chi connectivity index (χ4n) is 1.44. The van der Waals surface area contributed by atoms with E-state index in [9.17, 15) is 4.39 Å². The number of halogens is 3. The van der Waals surface area contributed by atoms with Crippen LogP contribution >= 0.6 is 35.6 Å². The molecule has 0 atom stereocenters. The lowest BCUT2D eigenvalue weighted by atomic mass is 10.2. The van der Waals surface area contributed by atoms with Crippen molar-refractivity contribution in [1.29, 1.82) is 0 Å². The second kappa shape index (κ2) is 11.1. The number of benzene rings is 1. The van der Waals surface area contributed by atoms with Crippen molar-refractivity contribution in [2.45, 2.75) is 13.5 Å². The molecule has 4 nitrogen and oxygen atoms in total. The molecule has 7 heteroatoms. The molecular weight excluding hydrogens is 396 g/mol. The lowest BCUT2D eigenvalue weighted by Crippen LogP contribution is -2.38. The first-order valence-corrected chi connectivity index (χ1v) is 6.51. The van der Waals surface area contributed by atoms with E-state index >= 15 is 0 Å². The topological polar surface area (TPSA) is 45.6 Å². The average Bonchev–Trinajstić information content (AvgIpc) is 2.42. The van der Waals surface area contributed by atoms with Crippen LogP contribution in [0.5, 0.6) is 0 Å². The van der Waals surface area contributed by atoms with Gasteiger partial charge in [-0.1, -0.05) is 17.7 Å². The van der Waals surface area contributed by atoms with Crippen LogP contribution < -0.4 is 10.6 Å². The SMILES string of the molecule is CCOCCNC(=NC)NCc1ccc(F)c(Cl)c1.I. The molecule has 0 aromatic heterocycles. The molecule has 0 radical (unpaired) electrons. The Labute approximate surface area is 141 Å². The number of nitrogens with one attached hydrogen (secondary N) is 2. The summed E-state index contributed by atoms with van der Waals surface area (Å²) >= 11 is 5.72. The molecule has 1 rings (SSSR count). The lowest BCUT2D eigenvalue weighted by Gasteiger charge is -2.12. The Hall–Kier alpha value is -0.600. The summed E-state index contributed by atoms with van der Waals surface area (Å²) < 4.78 is 18.2. The zero-order chi connectivity index (χ0) is 14.1. The summed E-state index contributed by atoms with van der Waals surface area (Å²) in [6.07, 6.45) is 0. The van der Waals surface area contributed by atoms with Crippen LogP contribution in [0.3, 0.4) is 0 Å². The van der Waals surface area contributed by atoms with Crippen molar-refractivity contribution < 1.29 is 9.13 Å². The van der Waals surface area contributed by atoms with Crippen molar-refractivity contribution in [3.8, 4) is 0 Å². The van der Waals surface area contributed by atoms with Gasteiger partial charge in [0, 0.05) is 26.7 Å². The first-order valence-electron chi connectivity index (χ1n) is 6.13. The predicted molar refractivity (Wildman–Crippen MR) is 91.5 cm³/mol. The van der Waals surface area contributed by atoms with Crippen molar-refractivity contribution in [2.24, 2.45) is 4.99 Å². The van der Waals surface area contributed by atoms with Crippen molar-refractivity contribution in [3.05, 3.63) is 34.6 Å². The lowest BCUT2D eigenvalue weighted by molar-refractivity contribution is 0.152. The summed E-state index contributed by atoms with van der Waals surface area (Å²) in [7, 11) is 1.69. The summed E-state index contributed by atoms with van der Waals surface area (Å²) in [5, 5.41) is 6.34. The van der Waals surface area contributed by atoms with E-state index < -0.39 is 5.82 Å². The third-order valence-electron chi connectivity index (χ3n) is 2.41. The van der Waals surface area contributed by atoms with Gasteiger partial charge in [0.2, 0.25) is 0 Å². The molecule has 0 amide bonds. The minimum atomic E-state index is -0.412. The molecule has 0 fully saturated rings. The van der Waals surface area contributed by atoms with Gasteiger partial charge in [0.15, 0.2) is 5.96 Å². The Kier molecular flexibility index (Phi) is 10.8. The molecule has 0 spiro atoms. The third kappa shape index (κ3) is 7.25. The molecule has 1 aromatic rings. The van der Waals surface area contributed by atoms with Crippen molar-refractivity contribution >= 4 is 41.5 Å². The summed E-state index contributed by atoms with van der Waals surface area (Å²) in [6, 6.07) is 4.63. The zero-order valence-electron chi connectivity index (χ0n) is 11.6. The van der Waals surface area contributed by atoms with Gasteiger partial charge < -0.3 is 15.4 Å².